The number of rotatable bonds is 8. The SMILES string of the molecule is C=C(O)C(C)(C)P.CC.CC.CC/C=C1\CCC(c2ccc(N3CCC(OC(CC)CC)CC3)cc2)C(=O)N1. The van der Waals surface area contributed by atoms with E-state index in [-0.39, 0.29) is 22.7 Å². The highest BCUT2D eigenvalue weighted by Gasteiger charge is 2.27. The van der Waals surface area contributed by atoms with Crippen molar-refractivity contribution in [1.29, 1.82) is 0 Å². The summed E-state index contributed by atoms with van der Waals surface area (Å²) in [5.74, 6) is 0.317. The van der Waals surface area contributed by atoms with Gasteiger partial charge in [-0.1, -0.05) is 73.3 Å². The highest BCUT2D eigenvalue weighted by molar-refractivity contribution is 7.19. The molecule has 224 valence electrons. The summed E-state index contributed by atoms with van der Waals surface area (Å²) in [7, 11) is 2.48. The van der Waals surface area contributed by atoms with Gasteiger partial charge in [0.1, 0.15) is 0 Å². The molecule has 0 radical (unpaired) electrons. The van der Waals surface area contributed by atoms with Gasteiger partial charge in [0.25, 0.3) is 0 Å². The Bertz CT molecular complexity index is 834. The number of amides is 1. The van der Waals surface area contributed by atoms with E-state index in [0.717, 1.165) is 69.3 Å². The van der Waals surface area contributed by atoms with Crippen molar-refractivity contribution < 1.29 is 14.6 Å². The van der Waals surface area contributed by atoms with Gasteiger partial charge in [0.05, 0.1) is 23.9 Å². The Morgan fingerprint density at radius 2 is 1.62 bits per heavy atom. The van der Waals surface area contributed by atoms with Gasteiger partial charge in [0.2, 0.25) is 5.91 Å². The van der Waals surface area contributed by atoms with Crippen LogP contribution in [-0.4, -0.2) is 41.5 Å². The van der Waals surface area contributed by atoms with Crippen molar-refractivity contribution >= 4 is 20.8 Å². The number of piperidine rings is 2. The Hall–Kier alpha value is -1.84. The van der Waals surface area contributed by atoms with Crippen molar-refractivity contribution in [3.63, 3.8) is 0 Å². The van der Waals surface area contributed by atoms with E-state index in [2.05, 4.69) is 77.1 Å². The fourth-order valence-electron chi connectivity index (χ4n) is 4.38. The third-order valence-corrected chi connectivity index (χ3v) is 7.23. The van der Waals surface area contributed by atoms with Crippen LogP contribution in [0.2, 0.25) is 0 Å². The van der Waals surface area contributed by atoms with Gasteiger partial charge in [0.15, 0.2) is 0 Å². The van der Waals surface area contributed by atoms with Crippen LogP contribution in [0.5, 0.6) is 0 Å². The number of allylic oxidation sites excluding steroid dienone is 3. The largest absolute Gasteiger partial charge is 0.512 e. The van der Waals surface area contributed by atoms with Crippen molar-refractivity contribution in [2.75, 3.05) is 18.0 Å². The van der Waals surface area contributed by atoms with Gasteiger partial charge in [-0.3, -0.25) is 4.79 Å². The number of ether oxygens (including phenoxy) is 1. The molecular formula is C33H59N2O3P. The first-order valence-electron chi connectivity index (χ1n) is 15.3. The summed E-state index contributed by atoms with van der Waals surface area (Å²) in [6, 6.07) is 8.64. The number of benzene rings is 1. The summed E-state index contributed by atoms with van der Waals surface area (Å²) in [5, 5.41) is 11.5. The van der Waals surface area contributed by atoms with Gasteiger partial charge in [-0.05, 0) is 76.5 Å². The molecule has 3 rings (SSSR count). The van der Waals surface area contributed by atoms with Crippen LogP contribution >= 0.6 is 9.24 Å². The molecule has 2 saturated heterocycles. The molecule has 2 aliphatic rings. The second-order valence-corrected chi connectivity index (χ2v) is 11.7. The van der Waals surface area contributed by atoms with Crippen LogP contribution in [0.15, 0.2) is 48.4 Å². The smallest absolute Gasteiger partial charge is 0.231 e. The molecule has 5 nitrogen and oxygen atoms in total. The Kier molecular flexibility index (Phi) is 19.2. The predicted octanol–water partition coefficient (Wildman–Crippen LogP) is 8.91. The lowest BCUT2D eigenvalue weighted by Gasteiger charge is -2.35. The molecule has 2 fully saturated rings. The predicted molar refractivity (Wildman–Crippen MR) is 174 cm³/mol. The van der Waals surface area contributed by atoms with Crippen LogP contribution in [-0.2, 0) is 9.53 Å². The monoisotopic (exact) mass is 562 g/mol. The summed E-state index contributed by atoms with van der Waals surface area (Å²) in [5.41, 5.74) is 3.47. The number of carbonyl (C=O) groups excluding carboxylic acids is 1. The van der Waals surface area contributed by atoms with Crippen LogP contribution in [0, 0.1) is 0 Å². The normalized spacial score (nSPS) is 18.6. The number of nitrogens with one attached hydrogen (secondary N) is 1. The fraction of sp³-hybridized carbons (Fsp3) is 0.667. The summed E-state index contributed by atoms with van der Waals surface area (Å²) >= 11 is 0. The molecule has 0 aliphatic carbocycles. The van der Waals surface area contributed by atoms with Crippen LogP contribution in [0.4, 0.5) is 5.69 Å². The Labute approximate surface area is 243 Å². The maximum absolute atomic E-state index is 12.5. The van der Waals surface area contributed by atoms with E-state index in [4.69, 9.17) is 9.84 Å². The van der Waals surface area contributed by atoms with Crippen molar-refractivity contribution in [1.82, 2.24) is 5.32 Å². The number of carbonyl (C=O) groups is 1. The van der Waals surface area contributed by atoms with Gasteiger partial charge in [-0.2, -0.15) is 0 Å². The Morgan fingerprint density at radius 3 is 2.03 bits per heavy atom. The molecule has 2 N–H and O–H groups in total. The molecule has 2 atom stereocenters. The van der Waals surface area contributed by atoms with Gasteiger partial charge >= 0.3 is 0 Å². The lowest BCUT2D eigenvalue weighted by molar-refractivity contribution is -0.122. The molecule has 2 aliphatic heterocycles. The number of nitrogens with zero attached hydrogens (tertiary/aromatic N) is 1. The summed E-state index contributed by atoms with van der Waals surface area (Å²) in [6.07, 6.45) is 10.1. The molecule has 0 bridgehead atoms. The average molecular weight is 563 g/mol. The molecule has 1 amide bonds. The summed E-state index contributed by atoms with van der Waals surface area (Å²) in [6.45, 7) is 23.7. The third-order valence-electron chi connectivity index (χ3n) is 6.90. The van der Waals surface area contributed by atoms with Crippen molar-refractivity contribution in [3.8, 4) is 0 Å². The standard InChI is InChI=1S/C24H36N2O2.C5H11OP.2C2H6/c1-4-7-19-10-13-23(24(27)25-19)18-8-11-20(12-9-18)26-16-14-22(15-17-26)28-21(5-2)6-3;1-4(6)5(2,3)7;2*1-2/h7-9,11-12,21-23H,4-6,10,13-17H2,1-3H3,(H,25,27);6H,1,7H2,2-3H3;2*1-2H3/b19-7+;;;. The average Bonchev–Trinajstić information content (AvgIpc) is 2.94. The minimum Gasteiger partial charge on any atom is -0.512 e. The van der Waals surface area contributed by atoms with Gasteiger partial charge in [-0.25, -0.2) is 0 Å². The molecule has 6 heteroatoms. The minimum atomic E-state index is -0.222. The van der Waals surface area contributed by atoms with E-state index < -0.39 is 0 Å². The number of anilines is 1. The first-order chi connectivity index (χ1) is 18.6. The van der Waals surface area contributed by atoms with E-state index in [1.54, 1.807) is 0 Å². The number of hydrogen-bond donors (Lipinski definition) is 2. The molecule has 0 spiro atoms. The topological polar surface area (TPSA) is 61.8 Å². The fourth-order valence-corrected chi connectivity index (χ4v) is 4.38. The van der Waals surface area contributed by atoms with E-state index in [1.165, 1.54) is 5.69 Å². The van der Waals surface area contributed by atoms with Gasteiger partial charge in [0, 0.05) is 29.6 Å². The molecular weight excluding hydrogens is 503 g/mol. The quantitative estimate of drug-likeness (QED) is 0.245. The maximum atomic E-state index is 12.5. The van der Waals surface area contributed by atoms with Gasteiger partial charge < -0.3 is 20.1 Å². The van der Waals surface area contributed by atoms with Crippen LogP contribution in [0.1, 0.15) is 119 Å². The Balaban J connectivity index is 0.00000113. The summed E-state index contributed by atoms with van der Waals surface area (Å²) in [4.78, 5) is 14.9. The van der Waals surface area contributed by atoms with Crippen molar-refractivity contribution in [2.24, 2.45) is 0 Å². The van der Waals surface area contributed by atoms with Crippen LogP contribution in [0.25, 0.3) is 0 Å². The summed E-state index contributed by atoms with van der Waals surface area (Å²) < 4.78 is 6.23. The molecule has 1 aromatic carbocycles. The first-order valence-corrected chi connectivity index (χ1v) is 15.8. The maximum Gasteiger partial charge on any atom is 0.231 e. The molecule has 0 saturated carbocycles. The van der Waals surface area contributed by atoms with E-state index in [9.17, 15) is 4.79 Å². The van der Waals surface area contributed by atoms with E-state index >= 15 is 0 Å². The van der Waals surface area contributed by atoms with E-state index in [0.29, 0.717) is 12.2 Å². The molecule has 39 heavy (non-hydrogen) atoms. The minimum absolute atomic E-state index is 0.0257. The number of aliphatic hydroxyl groups is 1. The second kappa shape index (κ2) is 20.1. The second-order valence-electron chi connectivity index (χ2n) is 10.2. The highest BCUT2D eigenvalue weighted by atomic mass is 31.0. The zero-order valence-electron chi connectivity index (χ0n) is 26.5. The first kappa shape index (κ1) is 37.2. The van der Waals surface area contributed by atoms with Crippen LogP contribution in [0.3, 0.4) is 0 Å². The van der Waals surface area contributed by atoms with Gasteiger partial charge in [-0.15, -0.1) is 9.24 Å². The lowest BCUT2D eigenvalue weighted by Crippen LogP contribution is -2.38. The molecule has 1 aromatic rings. The van der Waals surface area contributed by atoms with Crippen molar-refractivity contribution in [3.05, 3.63) is 53.9 Å². The zero-order valence-corrected chi connectivity index (χ0v) is 27.6. The molecule has 2 heterocycles. The molecule has 0 aromatic heterocycles. The van der Waals surface area contributed by atoms with E-state index in [1.807, 2.05) is 41.5 Å². The third kappa shape index (κ3) is 13.4. The Morgan fingerprint density at radius 1 is 1.10 bits per heavy atom. The zero-order chi connectivity index (χ0) is 30.0. The number of aliphatic hydroxyl groups excluding tert-OH is 1. The van der Waals surface area contributed by atoms with Crippen molar-refractivity contribution in [2.45, 2.75) is 131 Å². The molecule has 2 unspecified atom stereocenters. The number of hydrogen-bond acceptors (Lipinski definition) is 4. The highest BCUT2D eigenvalue weighted by Crippen LogP contribution is 2.30. The van der Waals surface area contributed by atoms with Crippen LogP contribution < -0.4 is 10.2 Å². The lowest BCUT2D eigenvalue weighted by atomic mass is 9.89.